The fourth-order valence-corrected chi connectivity index (χ4v) is 2.24. The molecule has 86 valence electrons. The first-order valence-corrected chi connectivity index (χ1v) is 5.74. The van der Waals surface area contributed by atoms with Crippen molar-refractivity contribution >= 4 is 28.9 Å². The van der Waals surface area contributed by atoms with Crippen LogP contribution in [0.3, 0.4) is 0 Å². The average Bonchev–Trinajstić information content (AvgIpc) is 2.57. The van der Waals surface area contributed by atoms with Crippen molar-refractivity contribution < 1.29 is 4.79 Å². The molecule has 1 unspecified atom stereocenters. The molecule has 1 atom stereocenters. The number of hydrogen-bond acceptors (Lipinski definition) is 2. The summed E-state index contributed by atoms with van der Waals surface area (Å²) in [5, 5.41) is -0.0669. The Morgan fingerprint density at radius 2 is 2.06 bits per heavy atom. The fourth-order valence-electron chi connectivity index (χ4n) is 1.97. The molecule has 1 aliphatic rings. The molecule has 0 spiro atoms. The highest BCUT2D eigenvalue weighted by Gasteiger charge is 2.30. The van der Waals surface area contributed by atoms with E-state index >= 15 is 0 Å². The number of alkyl halides is 1. The zero-order chi connectivity index (χ0) is 11.7. The Bertz CT molecular complexity index is 406. The smallest absolute Gasteiger partial charge is 0.228 e. The highest BCUT2D eigenvalue weighted by molar-refractivity contribution is 6.24. The van der Waals surface area contributed by atoms with E-state index in [-0.39, 0.29) is 11.3 Å². The molecule has 3 nitrogen and oxygen atoms in total. The number of benzene rings is 1. The summed E-state index contributed by atoms with van der Waals surface area (Å²) in [4.78, 5) is 15.6. The Balaban J connectivity index is 2.36. The second kappa shape index (κ2) is 4.34. The molecule has 1 aromatic rings. The maximum Gasteiger partial charge on any atom is 0.228 e. The van der Waals surface area contributed by atoms with E-state index in [1.165, 1.54) is 0 Å². The number of halogens is 1. The van der Waals surface area contributed by atoms with Crippen LogP contribution in [0.5, 0.6) is 0 Å². The first-order chi connectivity index (χ1) is 7.59. The molecular weight excluding hydrogens is 224 g/mol. The van der Waals surface area contributed by atoms with Crippen molar-refractivity contribution in [1.82, 2.24) is 0 Å². The molecule has 2 rings (SSSR count). The van der Waals surface area contributed by atoms with E-state index in [2.05, 4.69) is 0 Å². The van der Waals surface area contributed by atoms with E-state index in [1.807, 2.05) is 43.3 Å². The fraction of sp³-hybridized carbons (Fsp3) is 0.417. The van der Waals surface area contributed by atoms with Gasteiger partial charge in [-0.25, -0.2) is 0 Å². The molecule has 0 bridgehead atoms. The zero-order valence-corrected chi connectivity index (χ0v) is 10.2. The molecule has 1 fully saturated rings. The molecule has 0 aromatic heterocycles. The molecule has 1 aliphatic heterocycles. The molecule has 0 aliphatic carbocycles. The molecule has 0 saturated carbocycles. The van der Waals surface area contributed by atoms with Gasteiger partial charge in [0.2, 0.25) is 5.91 Å². The maximum absolute atomic E-state index is 11.8. The van der Waals surface area contributed by atoms with Gasteiger partial charge in [0.25, 0.3) is 0 Å². The van der Waals surface area contributed by atoms with Gasteiger partial charge in [0.15, 0.2) is 0 Å². The number of carbonyl (C=O) groups is 1. The van der Waals surface area contributed by atoms with Crippen molar-refractivity contribution in [2.75, 3.05) is 30.4 Å². The van der Waals surface area contributed by atoms with Gasteiger partial charge in [0, 0.05) is 27.1 Å². The van der Waals surface area contributed by atoms with Gasteiger partial charge in [0.1, 0.15) is 0 Å². The Hall–Kier alpha value is -1.22. The van der Waals surface area contributed by atoms with Gasteiger partial charge < -0.3 is 9.80 Å². The van der Waals surface area contributed by atoms with Crippen LogP contribution in [-0.2, 0) is 4.79 Å². The predicted molar refractivity (Wildman–Crippen MR) is 67.4 cm³/mol. The van der Waals surface area contributed by atoms with Gasteiger partial charge >= 0.3 is 0 Å². The Morgan fingerprint density at radius 3 is 2.62 bits per heavy atom. The van der Waals surface area contributed by atoms with Crippen LogP contribution < -0.4 is 9.80 Å². The number of amides is 1. The van der Waals surface area contributed by atoms with Crippen LogP contribution in [0.25, 0.3) is 0 Å². The van der Waals surface area contributed by atoms with E-state index in [0.29, 0.717) is 13.0 Å². The number of hydrogen-bond donors (Lipinski definition) is 0. The van der Waals surface area contributed by atoms with Crippen LogP contribution >= 0.6 is 11.6 Å². The molecule has 1 heterocycles. The Morgan fingerprint density at radius 1 is 1.38 bits per heavy atom. The molecule has 1 saturated heterocycles. The van der Waals surface area contributed by atoms with Crippen LogP contribution in [-0.4, -0.2) is 31.9 Å². The first kappa shape index (κ1) is 11.3. The molecule has 0 radical (unpaired) electrons. The second-order valence-corrected chi connectivity index (χ2v) is 4.81. The SMILES string of the molecule is CN(C)c1ccccc1N1CC(Cl)CC1=O. The van der Waals surface area contributed by atoms with Gasteiger partial charge in [-0.05, 0) is 12.1 Å². The molecule has 4 heteroatoms. The third-order valence-corrected chi connectivity index (χ3v) is 3.02. The van der Waals surface area contributed by atoms with Crippen molar-refractivity contribution in [2.24, 2.45) is 0 Å². The largest absolute Gasteiger partial charge is 0.376 e. The van der Waals surface area contributed by atoms with E-state index in [4.69, 9.17) is 11.6 Å². The third kappa shape index (κ3) is 2.00. The van der Waals surface area contributed by atoms with E-state index in [9.17, 15) is 4.79 Å². The van der Waals surface area contributed by atoms with Crippen LogP contribution in [0.2, 0.25) is 0 Å². The Labute approximate surface area is 101 Å². The van der Waals surface area contributed by atoms with Crippen LogP contribution in [0, 0.1) is 0 Å². The minimum atomic E-state index is -0.0669. The highest BCUT2D eigenvalue weighted by Crippen LogP contribution is 2.32. The maximum atomic E-state index is 11.8. The lowest BCUT2D eigenvalue weighted by atomic mass is 10.2. The lowest BCUT2D eigenvalue weighted by Crippen LogP contribution is -2.26. The van der Waals surface area contributed by atoms with Gasteiger partial charge in [0.05, 0.1) is 16.8 Å². The first-order valence-electron chi connectivity index (χ1n) is 5.30. The number of carbonyl (C=O) groups excluding carboxylic acids is 1. The summed E-state index contributed by atoms with van der Waals surface area (Å²) in [5.74, 6) is 0.106. The summed E-state index contributed by atoms with van der Waals surface area (Å²) in [5.41, 5.74) is 1.99. The van der Waals surface area contributed by atoms with E-state index in [1.54, 1.807) is 4.90 Å². The molecule has 1 aromatic carbocycles. The van der Waals surface area contributed by atoms with Crippen molar-refractivity contribution in [3.8, 4) is 0 Å². The van der Waals surface area contributed by atoms with Crippen molar-refractivity contribution in [2.45, 2.75) is 11.8 Å². The Kier molecular flexibility index (Phi) is 3.06. The standard InChI is InChI=1S/C12H15ClN2O/c1-14(2)10-5-3-4-6-11(10)15-8-9(13)7-12(15)16/h3-6,9H,7-8H2,1-2H3. The minimum absolute atomic E-state index is 0.0669. The van der Waals surface area contributed by atoms with Crippen molar-refractivity contribution in [3.63, 3.8) is 0 Å². The van der Waals surface area contributed by atoms with Gasteiger partial charge in [-0.1, -0.05) is 12.1 Å². The lowest BCUT2D eigenvalue weighted by molar-refractivity contribution is -0.117. The minimum Gasteiger partial charge on any atom is -0.376 e. The van der Waals surface area contributed by atoms with Crippen LogP contribution in [0.15, 0.2) is 24.3 Å². The van der Waals surface area contributed by atoms with Gasteiger partial charge in [-0.2, -0.15) is 0 Å². The second-order valence-electron chi connectivity index (χ2n) is 4.19. The summed E-state index contributed by atoms with van der Waals surface area (Å²) in [6, 6.07) is 7.88. The molecular formula is C12H15ClN2O. The highest BCUT2D eigenvalue weighted by atomic mass is 35.5. The molecule has 16 heavy (non-hydrogen) atoms. The van der Waals surface area contributed by atoms with E-state index in [0.717, 1.165) is 11.4 Å². The zero-order valence-electron chi connectivity index (χ0n) is 9.48. The van der Waals surface area contributed by atoms with Crippen molar-refractivity contribution in [1.29, 1.82) is 0 Å². The van der Waals surface area contributed by atoms with Gasteiger partial charge in [-0.15, -0.1) is 11.6 Å². The summed E-state index contributed by atoms with van der Waals surface area (Å²) >= 11 is 6.01. The van der Waals surface area contributed by atoms with Crippen LogP contribution in [0.1, 0.15) is 6.42 Å². The van der Waals surface area contributed by atoms with E-state index < -0.39 is 0 Å². The van der Waals surface area contributed by atoms with Crippen LogP contribution in [0.4, 0.5) is 11.4 Å². The summed E-state index contributed by atoms with van der Waals surface area (Å²) in [7, 11) is 3.94. The predicted octanol–water partition coefficient (Wildman–Crippen LogP) is 2.10. The monoisotopic (exact) mass is 238 g/mol. The summed E-state index contributed by atoms with van der Waals surface area (Å²) in [6.45, 7) is 0.602. The van der Waals surface area contributed by atoms with Crippen molar-refractivity contribution in [3.05, 3.63) is 24.3 Å². The molecule has 1 amide bonds. The summed E-state index contributed by atoms with van der Waals surface area (Å²) < 4.78 is 0. The third-order valence-electron chi connectivity index (χ3n) is 2.73. The average molecular weight is 239 g/mol. The summed E-state index contributed by atoms with van der Waals surface area (Å²) in [6.07, 6.45) is 0.434. The topological polar surface area (TPSA) is 23.6 Å². The number of rotatable bonds is 2. The quantitative estimate of drug-likeness (QED) is 0.737. The number of anilines is 2. The molecule has 0 N–H and O–H groups in total. The number of para-hydroxylation sites is 2. The lowest BCUT2D eigenvalue weighted by Gasteiger charge is -2.23. The number of nitrogens with zero attached hydrogens (tertiary/aromatic N) is 2. The normalized spacial score (nSPS) is 20.3. The van der Waals surface area contributed by atoms with Gasteiger partial charge in [-0.3, -0.25) is 4.79 Å².